The van der Waals surface area contributed by atoms with E-state index < -0.39 is 0 Å². The van der Waals surface area contributed by atoms with E-state index in [1.165, 1.54) is 29.0 Å². The molecule has 0 saturated carbocycles. The molecule has 0 rings (SSSR count). The van der Waals surface area contributed by atoms with Crippen LogP contribution in [-0.2, 0) is 4.79 Å². The standard InChI is InChI=1S/C6H11IOS/c1-6(8)9-5-3-2-4-7/h2-5H2,1H3. The third kappa shape index (κ3) is 8.75. The predicted molar refractivity (Wildman–Crippen MR) is 51.3 cm³/mol. The Hall–Kier alpha value is 0.750. The number of thioether (sulfide) groups is 1. The van der Waals surface area contributed by atoms with Gasteiger partial charge in [0, 0.05) is 12.7 Å². The molecular weight excluding hydrogens is 247 g/mol. The van der Waals surface area contributed by atoms with Gasteiger partial charge in [0.2, 0.25) is 0 Å². The number of hydrogen-bond donors (Lipinski definition) is 0. The molecule has 0 fully saturated rings. The Labute approximate surface area is 74.1 Å². The van der Waals surface area contributed by atoms with Gasteiger partial charge < -0.3 is 0 Å². The largest absolute Gasteiger partial charge is 0.288 e. The lowest BCUT2D eigenvalue weighted by atomic mass is 10.4. The van der Waals surface area contributed by atoms with Crippen molar-refractivity contribution in [1.29, 1.82) is 0 Å². The number of hydrogen-bond acceptors (Lipinski definition) is 2. The van der Waals surface area contributed by atoms with Crippen molar-refractivity contribution in [2.75, 3.05) is 10.2 Å². The number of carbonyl (C=O) groups is 1. The molecule has 0 saturated heterocycles. The average molecular weight is 258 g/mol. The van der Waals surface area contributed by atoms with Crippen LogP contribution >= 0.6 is 34.4 Å². The molecule has 0 aromatic rings. The molecule has 0 aromatic heterocycles. The Morgan fingerprint density at radius 3 is 2.67 bits per heavy atom. The number of halogens is 1. The van der Waals surface area contributed by atoms with Crippen molar-refractivity contribution in [2.45, 2.75) is 19.8 Å². The highest BCUT2D eigenvalue weighted by Crippen LogP contribution is 2.05. The summed E-state index contributed by atoms with van der Waals surface area (Å²) in [6, 6.07) is 0. The number of carbonyl (C=O) groups excluding carboxylic acids is 1. The van der Waals surface area contributed by atoms with E-state index in [-0.39, 0.29) is 5.12 Å². The van der Waals surface area contributed by atoms with E-state index in [1.54, 1.807) is 6.92 Å². The zero-order valence-electron chi connectivity index (χ0n) is 5.52. The van der Waals surface area contributed by atoms with Gasteiger partial charge in [-0.1, -0.05) is 34.4 Å². The van der Waals surface area contributed by atoms with Crippen LogP contribution in [0.25, 0.3) is 0 Å². The van der Waals surface area contributed by atoms with Gasteiger partial charge in [0.1, 0.15) is 0 Å². The first-order valence-corrected chi connectivity index (χ1v) is 5.48. The molecule has 0 aromatic carbocycles. The fourth-order valence-electron chi connectivity index (χ4n) is 0.412. The zero-order valence-corrected chi connectivity index (χ0v) is 8.50. The van der Waals surface area contributed by atoms with Crippen LogP contribution in [0.5, 0.6) is 0 Å². The summed E-state index contributed by atoms with van der Waals surface area (Å²) in [6.07, 6.45) is 2.41. The fraction of sp³-hybridized carbons (Fsp3) is 0.833. The lowest BCUT2D eigenvalue weighted by molar-refractivity contribution is -0.109. The van der Waals surface area contributed by atoms with Crippen LogP contribution in [0.3, 0.4) is 0 Å². The average Bonchev–Trinajstić information content (AvgIpc) is 1.80. The van der Waals surface area contributed by atoms with Gasteiger partial charge in [-0.15, -0.1) is 0 Å². The van der Waals surface area contributed by atoms with Gasteiger partial charge in [0.15, 0.2) is 5.12 Å². The molecule has 0 atom stereocenters. The van der Waals surface area contributed by atoms with Crippen molar-refractivity contribution in [3.05, 3.63) is 0 Å². The molecule has 0 aliphatic carbocycles. The van der Waals surface area contributed by atoms with Crippen molar-refractivity contribution >= 4 is 39.5 Å². The van der Waals surface area contributed by atoms with Gasteiger partial charge in [-0.3, -0.25) is 4.79 Å². The Morgan fingerprint density at radius 2 is 2.22 bits per heavy atom. The van der Waals surface area contributed by atoms with Crippen molar-refractivity contribution in [3.8, 4) is 0 Å². The fourth-order valence-corrected chi connectivity index (χ4v) is 1.59. The van der Waals surface area contributed by atoms with Gasteiger partial charge in [0.05, 0.1) is 0 Å². The molecule has 54 valence electrons. The molecule has 0 heterocycles. The molecular formula is C6H11IOS. The topological polar surface area (TPSA) is 17.1 Å². The monoisotopic (exact) mass is 258 g/mol. The van der Waals surface area contributed by atoms with Gasteiger partial charge >= 0.3 is 0 Å². The molecule has 0 aliphatic rings. The Morgan fingerprint density at radius 1 is 1.56 bits per heavy atom. The van der Waals surface area contributed by atoms with Crippen LogP contribution in [0.15, 0.2) is 0 Å². The minimum absolute atomic E-state index is 0.239. The normalized spacial score (nSPS) is 9.56. The molecule has 0 N–H and O–H groups in total. The van der Waals surface area contributed by atoms with Crippen LogP contribution in [0.4, 0.5) is 0 Å². The second-order valence-electron chi connectivity index (χ2n) is 1.74. The Kier molecular flexibility index (Phi) is 7.44. The molecule has 0 unspecified atom stereocenters. The number of rotatable bonds is 4. The van der Waals surface area contributed by atoms with Gasteiger partial charge in [-0.05, 0) is 17.3 Å². The maximum Gasteiger partial charge on any atom is 0.185 e. The molecule has 0 bridgehead atoms. The molecule has 1 nitrogen and oxygen atoms in total. The Bertz CT molecular complexity index is 85.1. The minimum Gasteiger partial charge on any atom is -0.288 e. The van der Waals surface area contributed by atoms with Crippen LogP contribution in [0.1, 0.15) is 19.8 Å². The summed E-state index contributed by atoms with van der Waals surface area (Å²) in [4.78, 5) is 10.4. The number of unbranched alkanes of at least 4 members (excludes halogenated alkanes) is 1. The van der Waals surface area contributed by atoms with Crippen molar-refractivity contribution < 1.29 is 4.79 Å². The highest BCUT2D eigenvalue weighted by molar-refractivity contribution is 14.1. The maximum absolute atomic E-state index is 10.4. The van der Waals surface area contributed by atoms with E-state index in [2.05, 4.69) is 22.6 Å². The molecule has 3 heteroatoms. The summed E-state index contributed by atoms with van der Waals surface area (Å²) in [5.41, 5.74) is 0. The highest BCUT2D eigenvalue weighted by Gasteiger charge is 1.91. The predicted octanol–water partition coefficient (Wildman–Crippen LogP) is 2.48. The van der Waals surface area contributed by atoms with E-state index in [9.17, 15) is 4.79 Å². The number of alkyl halides is 1. The third-order valence-corrected chi connectivity index (χ3v) is 2.50. The van der Waals surface area contributed by atoms with Crippen LogP contribution in [-0.4, -0.2) is 15.3 Å². The summed E-state index contributed by atoms with van der Waals surface area (Å²) in [5, 5.41) is 0.239. The van der Waals surface area contributed by atoms with Gasteiger partial charge in [-0.25, -0.2) is 0 Å². The highest BCUT2D eigenvalue weighted by atomic mass is 127. The first-order valence-electron chi connectivity index (χ1n) is 2.96. The third-order valence-electron chi connectivity index (χ3n) is 0.833. The SMILES string of the molecule is CC(=O)SCCCCI. The Balaban J connectivity index is 2.83. The van der Waals surface area contributed by atoms with Crippen molar-refractivity contribution in [2.24, 2.45) is 0 Å². The van der Waals surface area contributed by atoms with E-state index in [1.807, 2.05) is 0 Å². The summed E-state index contributed by atoms with van der Waals surface area (Å²) in [7, 11) is 0. The lowest BCUT2D eigenvalue weighted by Crippen LogP contribution is -1.86. The minimum atomic E-state index is 0.239. The van der Waals surface area contributed by atoms with E-state index in [0.717, 1.165) is 5.75 Å². The summed E-state index contributed by atoms with van der Waals surface area (Å²) < 4.78 is 1.20. The van der Waals surface area contributed by atoms with Gasteiger partial charge in [-0.2, -0.15) is 0 Å². The first-order chi connectivity index (χ1) is 4.27. The molecule has 9 heavy (non-hydrogen) atoms. The van der Waals surface area contributed by atoms with Crippen molar-refractivity contribution in [3.63, 3.8) is 0 Å². The molecule has 0 spiro atoms. The van der Waals surface area contributed by atoms with E-state index in [0.29, 0.717) is 0 Å². The van der Waals surface area contributed by atoms with Crippen LogP contribution in [0.2, 0.25) is 0 Å². The second kappa shape index (κ2) is 6.86. The summed E-state index contributed by atoms with van der Waals surface area (Å²) >= 11 is 3.78. The molecule has 0 amide bonds. The lowest BCUT2D eigenvalue weighted by Gasteiger charge is -1.92. The second-order valence-corrected chi connectivity index (χ2v) is 4.09. The summed E-state index contributed by atoms with van der Waals surface area (Å²) in [6.45, 7) is 1.62. The quantitative estimate of drug-likeness (QED) is 0.438. The first kappa shape index (κ1) is 9.75. The van der Waals surface area contributed by atoms with E-state index in [4.69, 9.17) is 0 Å². The summed E-state index contributed by atoms with van der Waals surface area (Å²) in [5.74, 6) is 0.998. The maximum atomic E-state index is 10.4. The van der Waals surface area contributed by atoms with Gasteiger partial charge in [0.25, 0.3) is 0 Å². The molecule has 0 radical (unpaired) electrons. The van der Waals surface area contributed by atoms with E-state index >= 15 is 0 Å². The van der Waals surface area contributed by atoms with Crippen molar-refractivity contribution in [1.82, 2.24) is 0 Å². The van der Waals surface area contributed by atoms with Crippen LogP contribution < -0.4 is 0 Å². The molecule has 0 aliphatic heterocycles. The smallest absolute Gasteiger partial charge is 0.185 e. The zero-order chi connectivity index (χ0) is 7.11. The van der Waals surface area contributed by atoms with Crippen LogP contribution in [0, 0.1) is 0 Å².